The van der Waals surface area contributed by atoms with Crippen LogP contribution in [0.1, 0.15) is 30.4 Å². The summed E-state index contributed by atoms with van der Waals surface area (Å²) < 4.78 is 0. The summed E-state index contributed by atoms with van der Waals surface area (Å²) in [5, 5.41) is 7.25. The van der Waals surface area contributed by atoms with Gasteiger partial charge in [-0.2, -0.15) is 0 Å². The van der Waals surface area contributed by atoms with E-state index in [1.165, 1.54) is 5.01 Å². The molecule has 1 N–H and O–H groups in total. The molecule has 1 aromatic carbocycles. The highest BCUT2D eigenvalue weighted by molar-refractivity contribution is 5.96. The first-order valence-corrected chi connectivity index (χ1v) is 6.60. The van der Waals surface area contributed by atoms with Crippen LogP contribution in [-0.4, -0.2) is 23.5 Å². The molecule has 1 aromatic rings. The minimum Gasteiger partial charge on any atom is -0.324 e. The summed E-state index contributed by atoms with van der Waals surface area (Å²) in [6.07, 6.45) is 2.55. The molecule has 1 unspecified atom stereocenters. The van der Waals surface area contributed by atoms with Crippen molar-refractivity contribution in [1.29, 1.82) is 0 Å². The zero-order chi connectivity index (χ0) is 13.8. The van der Waals surface area contributed by atoms with Crippen LogP contribution < -0.4 is 5.32 Å². The molecule has 0 bridgehead atoms. The quantitative estimate of drug-likeness (QED) is 0.851. The van der Waals surface area contributed by atoms with E-state index in [2.05, 4.69) is 10.6 Å². The SMILES string of the molecule is Cc1cccc(C)c1NC(=O)C1CCCCN1N=O. The number of piperidine rings is 1. The number of nitrogens with zero attached hydrogens (tertiary/aromatic N) is 2. The number of nitrogens with one attached hydrogen (secondary N) is 1. The number of para-hydroxylation sites is 1. The van der Waals surface area contributed by atoms with Gasteiger partial charge in [-0.25, -0.2) is 5.01 Å². The summed E-state index contributed by atoms with van der Waals surface area (Å²) in [6.45, 7) is 4.48. The van der Waals surface area contributed by atoms with Crippen LogP contribution in [0.2, 0.25) is 0 Å². The molecule has 1 saturated heterocycles. The topological polar surface area (TPSA) is 61.8 Å². The normalized spacial score (nSPS) is 19.1. The second-order valence-electron chi connectivity index (χ2n) is 5.01. The Balaban J connectivity index is 2.14. The lowest BCUT2D eigenvalue weighted by molar-refractivity contribution is -0.122. The number of carbonyl (C=O) groups excluding carboxylic acids is 1. The van der Waals surface area contributed by atoms with E-state index in [-0.39, 0.29) is 5.91 Å². The van der Waals surface area contributed by atoms with E-state index < -0.39 is 6.04 Å². The predicted octanol–water partition coefficient (Wildman–Crippen LogP) is 2.78. The lowest BCUT2D eigenvalue weighted by Gasteiger charge is -2.29. The average Bonchev–Trinajstić information content (AvgIpc) is 2.42. The van der Waals surface area contributed by atoms with Gasteiger partial charge in [0.25, 0.3) is 0 Å². The van der Waals surface area contributed by atoms with E-state index in [4.69, 9.17) is 0 Å². The second kappa shape index (κ2) is 5.82. The highest BCUT2D eigenvalue weighted by atomic mass is 16.3. The Kier molecular flexibility index (Phi) is 4.14. The number of carbonyl (C=O) groups is 1. The summed E-state index contributed by atoms with van der Waals surface area (Å²) in [5.74, 6) is -0.142. The number of anilines is 1. The number of amides is 1. The first-order valence-electron chi connectivity index (χ1n) is 6.60. The molecule has 5 nitrogen and oxygen atoms in total. The van der Waals surface area contributed by atoms with Crippen LogP contribution in [0.25, 0.3) is 0 Å². The van der Waals surface area contributed by atoms with Crippen molar-refractivity contribution < 1.29 is 4.79 Å². The fourth-order valence-electron chi connectivity index (χ4n) is 2.50. The fourth-order valence-corrected chi connectivity index (χ4v) is 2.50. The molecule has 1 aliphatic heterocycles. The minimum absolute atomic E-state index is 0.142. The maximum Gasteiger partial charge on any atom is 0.248 e. The molecule has 2 rings (SSSR count). The van der Waals surface area contributed by atoms with Gasteiger partial charge in [-0.15, -0.1) is 4.91 Å². The Morgan fingerprint density at radius 2 is 2.00 bits per heavy atom. The van der Waals surface area contributed by atoms with Crippen molar-refractivity contribution in [2.24, 2.45) is 5.29 Å². The van der Waals surface area contributed by atoms with Crippen molar-refractivity contribution in [2.75, 3.05) is 11.9 Å². The van der Waals surface area contributed by atoms with E-state index in [9.17, 15) is 9.70 Å². The Morgan fingerprint density at radius 1 is 1.32 bits per heavy atom. The molecule has 19 heavy (non-hydrogen) atoms. The van der Waals surface area contributed by atoms with Crippen LogP contribution in [0.3, 0.4) is 0 Å². The summed E-state index contributed by atoms with van der Waals surface area (Å²) >= 11 is 0. The van der Waals surface area contributed by atoms with Crippen LogP contribution in [0.15, 0.2) is 23.5 Å². The molecule has 0 radical (unpaired) electrons. The van der Waals surface area contributed by atoms with Crippen molar-refractivity contribution in [3.05, 3.63) is 34.2 Å². The predicted molar refractivity (Wildman–Crippen MR) is 74.7 cm³/mol. The molecular weight excluding hydrogens is 242 g/mol. The second-order valence-corrected chi connectivity index (χ2v) is 5.01. The zero-order valence-corrected chi connectivity index (χ0v) is 11.3. The summed E-state index contributed by atoms with van der Waals surface area (Å²) in [6, 6.07) is 5.43. The number of aryl methyl sites for hydroxylation is 2. The van der Waals surface area contributed by atoms with Gasteiger partial charge in [0.15, 0.2) is 0 Å². The van der Waals surface area contributed by atoms with Gasteiger partial charge < -0.3 is 5.32 Å². The van der Waals surface area contributed by atoms with Crippen molar-refractivity contribution in [3.63, 3.8) is 0 Å². The highest BCUT2D eigenvalue weighted by Gasteiger charge is 2.29. The Morgan fingerprint density at radius 3 is 2.63 bits per heavy atom. The molecule has 1 atom stereocenters. The number of hydrogen-bond donors (Lipinski definition) is 1. The molecular formula is C14H19N3O2. The van der Waals surface area contributed by atoms with Gasteiger partial charge in [-0.05, 0) is 44.2 Å². The van der Waals surface area contributed by atoms with E-state index in [0.717, 1.165) is 29.7 Å². The molecule has 1 aliphatic rings. The minimum atomic E-state index is -0.440. The Hall–Kier alpha value is -1.91. The van der Waals surface area contributed by atoms with Gasteiger partial charge in [0.2, 0.25) is 5.91 Å². The Labute approximate surface area is 112 Å². The molecule has 0 saturated carbocycles. The van der Waals surface area contributed by atoms with Crippen LogP contribution >= 0.6 is 0 Å². The van der Waals surface area contributed by atoms with Crippen LogP contribution in [0, 0.1) is 18.8 Å². The number of nitroso groups, excluding NO2 is 1. The molecule has 1 heterocycles. The maximum atomic E-state index is 12.3. The number of rotatable bonds is 3. The lowest BCUT2D eigenvalue weighted by Crippen LogP contribution is -2.44. The molecule has 0 spiro atoms. The molecule has 0 aliphatic carbocycles. The third kappa shape index (κ3) is 2.92. The van der Waals surface area contributed by atoms with Gasteiger partial charge >= 0.3 is 0 Å². The summed E-state index contributed by atoms with van der Waals surface area (Å²) in [7, 11) is 0. The largest absolute Gasteiger partial charge is 0.324 e. The number of benzene rings is 1. The van der Waals surface area contributed by atoms with Gasteiger partial charge in [0.1, 0.15) is 6.04 Å². The van der Waals surface area contributed by atoms with Gasteiger partial charge in [-0.3, -0.25) is 4.79 Å². The van der Waals surface area contributed by atoms with Crippen molar-refractivity contribution in [3.8, 4) is 0 Å². The Bertz CT molecular complexity index is 467. The van der Waals surface area contributed by atoms with E-state index in [1.54, 1.807) is 0 Å². The first kappa shape index (κ1) is 13.5. The maximum absolute atomic E-state index is 12.3. The molecule has 5 heteroatoms. The van der Waals surface area contributed by atoms with E-state index in [0.29, 0.717) is 13.0 Å². The average molecular weight is 261 g/mol. The molecule has 1 amide bonds. The summed E-state index contributed by atoms with van der Waals surface area (Å²) in [4.78, 5) is 23.0. The smallest absolute Gasteiger partial charge is 0.248 e. The fraction of sp³-hybridized carbons (Fsp3) is 0.500. The van der Waals surface area contributed by atoms with Gasteiger partial charge in [-0.1, -0.05) is 18.2 Å². The van der Waals surface area contributed by atoms with Gasteiger partial charge in [0.05, 0.1) is 5.29 Å². The highest BCUT2D eigenvalue weighted by Crippen LogP contribution is 2.23. The van der Waals surface area contributed by atoms with E-state index >= 15 is 0 Å². The van der Waals surface area contributed by atoms with Crippen molar-refractivity contribution in [1.82, 2.24) is 5.01 Å². The van der Waals surface area contributed by atoms with Crippen LogP contribution in [0.5, 0.6) is 0 Å². The monoisotopic (exact) mass is 261 g/mol. The molecule has 102 valence electrons. The lowest BCUT2D eigenvalue weighted by atomic mass is 10.0. The third-order valence-corrected chi connectivity index (χ3v) is 3.61. The third-order valence-electron chi connectivity index (χ3n) is 3.61. The number of hydrogen-bond acceptors (Lipinski definition) is 3. The first-order chi connectivity index (χ1) is 9.13. The molecule has 0 aromatic heterocycles. The van der Waals surface area contributed by atoms with Crippen molar-refractivity contribution in [2.45, 2.75) is 39.2 Å². The van der Waals surface area contributed by atoms with E-state index in [1.807, 2.05) is 32.0 Å². The van der Waals surface area contributed by atoms with Crippen molar-refractivity contribution >= 4 is 11.6 Å². The zero-order valence-electron chi connectivity index (χ0n) is 11.3. The molecule has 1 fully saturated rings. The summed E-state index contributed by atoms with van der Waals surface area (Å²) in [5.41, 5.74) is 2.88. The standard InChI is InChI=1S/C14H19N3O2/c1-10-6-5-7-11(2)13(10)15-14(18)12-8-3-4-9-17(12)16-19/h5-7,12H,3-4,8-9H2,1-2H3,(H,15,18). The van der Waals surface area contributed by atoms with Gasteiger partial charge in [0, 0.05) is 12.2 Å². The van der Waals surface area contributed by atoms with Crippen LogP contribution in [-0.2, 0) is 4.79 Å². The van der Waals surface area contributed by atoms with Crippen LogP contribution in [0.4, 0.5) is 5.69 Å².